The van der Waals surface area contributed by atoms with E-state index in [1.165, 1.54) is 19.2 Å². The minimum atomic E-state index is -4.56. The summed E-state index contributed by atoms with van der Waals surface area (Å²) in [5.41, 5.74) is 1.24. The van der Waals surface area contributed by atoms with Crippen LogP contribution >= 0.6 is 0 Å². The second-order valence-corrected chi connectivity index (χ2v) is 4.07. The minimum Gasteiger partial charge on any atom is -0.494 e. The number of methoxy groups -OCH3 is 1. The number of benzene rings is 1. The van der Waals surface area contributed by atoms with Crippen molar-refractivity contribution in [1.82, 2.24) is 0 Å². The molecule has 0 aromatic heterocycles. The van der Waals surface area contributed by atoms with Gasteiger partial charge in [-0.05, 0) is 12.1 Å². The fourth-order valence-corrected chi connectivity index (χ4v) is 1.75. The number of hydrogen-bond donors (Lipinski definition) is 2. The van der Waals surface area contributed by atoms with Crippen molar-refractivity contribution in [2.75, 3.05) is 12.5 Å². The highest BCUT2D eigenvalue weighted by Crippen LogP contribution is 2.31. The van der Waals surface area contributed by atoms with Crippen LogP contribution in [0.2, 0.25) is 0 Å². The van der Waals surface area contributed by atoms with Crippen molar-refractivity contribution in [3.63, 3.8) is 0 Å². The molecule has 1 aromatic carbocycles. The molecule has 1 aromatic rings. The molecule has 8 nitrogen and oxygen atoms in total. The highest BCUT2D eigenvalue weighted by atomic mass is 32.2. The first-order valence-electron chi connectivity index (χ1n) is 3.92. The van der Waals surface area contributed by atoms with Gasteiger partial charge in [-0.15, -0.1) is 5.43 Å². The molecule has 0 saturated carbocycles. The van der Waals surface area contributed by atoms with Gasteiger partial charge in [0.05, 0.1) is 7.11 Å². The number of ether oxygens (including phenoxy) is 1. The molecule has 1 rings (SSSR count). The summed E-state index contributed by atoms with van der Waals surface area (Å²) < 4.78 is 35.5. The summed E-state index contributed by atoms with van der Waals surface area (Å²) in [7, 11) is -3.34. The SMILES string of the molecule is COc1cccc(S(=O)(=O)O)c1N[N+](=O)[O-]. The number of nitro groups is 1. The van der Waals surface area contributed by atoms with E-state index in [4.69, 9.17) is 9.29 Å². The summed E-state index contributed by atoms with van der Waals surface area (Å²) >= 11 is 0. The van der Waals surface area contributed by atoms with Gasteiger partial charge in [0, 0.05) is 0 Å². The average molecular weight is 248 g/mol. The number of rotatable bonds is 4. The molecular weight excluding hydrogens is 240 g/mol. The lowest BCUT2D eigenvalue weighted by Gasteiger charge is -2.08. The molecule has 0 heterocycles. The molecule has 0 atom stereocenters. The van der Waals surface area contributed by atoms with Gasteiger partial charge in [0.1, 0.15) is 10.6 Å². The van der Waals surface area contributed by atoms with Crippen LogP contribution < -0.4 is 10.2 Å². The Morgan fingerprint density at radius 2 is 2.12 bits per heavy atom. The van der Waals surface area contributed by atoms with Gasteiger partial charge in [0.25, 0.3) is 10.1 Å². The van der Waals surface area contributed by atoms with E-state index >= 15 is 0 Å². The smallest absolute Gasteiger partial charge is 0.296 e. The Morgan fingerprint density at radius 3 is 2.56 bits per heavy atom. The summed E-state index contributed by atoms with van der Waals surface area (Å²) in [5.74, 6) is -0.0631. The van der Waals surface area contributed by atoms with Gasteiger partial charge in [-0.1, -0.05) is 6.07 Å². The van der Waals surface area contributed by atoms with Gasteiger partial charge < -0.3 is 4.74 Å². The van der Waals surface area contributed by atoms with E-state index in [1.807, 2.05) is 0 Å². The number of hydrazine groups is 1. The topological polar surface area (TPSA) is 119 Å². The highest BCUT2D eigenvalue weighted by Gasteiger charge is 2.22. The maximum atomic E-state index is 10.9. The van der Waals surface area contributed by atoms with Gasteiger partial charge in [-0.25, -0.2) is 10.1 Å². The molecule has 0 aliphatic carbocycles. The Bertz CT molecular complexity index is 512. The fraction of sp³-hybridized carbons (Fsp3) is 0.143. The Labute approximate surface area is 90.7 Å². The Morgan fingerprint density at radius 1 is 1.50 bits per heavy atom. The van der Waals surface area contributed by atoms with Crippen molar-refractivity contribution in [2.45, 2.75) is 4.90 Å². The third-order valence-corrected chi connectivity index (χ3v) is 2.58. The maximum Gasteiger partial charge on any atom is 0.296 e. The van der Waals surface area contributed by atoms with E-state index in [0.29, 0.717) is 0 Å². The largest absolute Gasteiger partial charge is 0.494 e. The van der Waals surface area contributed by atoms with E-state index in [1.54, 1.807) is 5.43 Å². The predicted octanol–water partition coefficient (Wildman–Crippen LogP) is 0.545. The van der Waals surface area contributed by atoms with Crippen LogP contribution in [-0.2, 0) is 10.1 Å². The van der Waals surface area contributed by atoms with Crippen LogP contribution in [0.4, 0.5) is 5.69 Å². The zero-order valence-electron chi connectivity index (χ0n) is 8.08. The van der Waals surface area contributed by atoms with E-state index in [-0.39, 0.29) is 5.75 Å². The first-order valence-corrected chi connectivity index (χ1v) is 5.36. The van der Waals surface area contributed by atoms with Crippen LogP contribution in [0.3, 0.4) is 0 Å². The van der Waals surface area contributed by atoms with Gasteiger partial charge in [0.2, 0.25) is 0 Å². The third kappa shape index (κ3) is 2.58. The number of anilines is 1. The highest BCUT2D eigenvalue weighted by molar-refractivity contribution is 7.86. The molecule has 9 heteroatoms. The fourth-order valence-electron chi connectivity index (χ4n) is 1.10. The number of para-hydroxylation sites is 1. The normalized spacial score (nSPS) is 10.9. The summed E-state index contributed by atoms with van der Waals surface area (Å²) in [5, 5.41) is 9.33. The molecule has 2 N–H and O–H groups in total. The summed E-state index contributed by atoms with van der Waals surface area (Å²) in [6.45, 7) is 0. The molecule has 0 spiro atoms. The van der Waals surface area contributed by atoms with Gasteiger partial charge in [-0.2, -0.15) is 8.42 Å². The standard InChI is InChI=1S/C7H8N2O6S/c1-15-5-3-2-4-6(16(12,13)14)7(5)8-9(10)11/h2-4,8H,1H3,(H,12,13,14). The van der Waals surface area contributed by atoms with Crippen molar-refractivity contribution in [3.05, 3.63) is 28.3 Å². The van der Waals surface area contributed by atoms with Crippen LogP contribution in [0.15, 0.2) is 23.1 Å². The molecule has 16 heavy (non-hydrogen) atoms. The third-order valence-electron chi connectivity index (χ3n) is 1.69. The number of nitrogens with zero attached hydrogens (tertiary/aromatic N) is 1. The molecule has 0 radical (unpaired) electrons. The molecule has 0 saturated heterocycles. The minimum absolute atomic E-state index is 0.0631. The van der Waals surface area contributed by atoms with Crippen LogP contribution in [0.25, 0.3) is 0 Å². The van der Waals surface area contributed by atoms with Crippen molar-refractivity contribution in [3.8, 4) is 5.75 Å². The van der Waals surface area contributed by atoms with Crippen molar-refractivity contribution in [1.29, 1.82) is 0 Å². The number of nitrogens with one attached hydrogen (secondary N) is 1. The molecule has 88 valence electrons. The molecular formula is C7H8N2O6S. The van der Waals surface area contributed by atoms with E-state index < -0.39 is 25.7 Å². The lowest BCUT2D eigenvalue weighted by atomic mass is 10.3. The second-order valence-electron chi connectivity index (χ2n) is 2.68. The monoisotopic (exact) mass is 248 g/mol. The van der Waals surface area contributed by atoms with Crippen molar-refractivity contribution in [2.24, 2.45) is 0 Å². The Balaban J connectivity index is 3.43. The van der Waals surface area contributed by atoms with E-state index in [0.717, 1.165) is 6.07 Å². The van der Waals surface area contributed by atoms with Crippen LogP contribution in [0.5, 0.6) is 5.75 Å². The molecule has 0 aliphatic rings. The Hall–Kier alpha value is -1.87. The van der Waals surface area contributed by atoms with Gasteiger partial charge >= 0.3 is 0 Å². The van der Waals surface area contributed by atoms with Crippen LogP contribution in [0.1, 0.15) is 0 Å². The molecule has 0 amide bonds. The molecule has 0 aliphatic heterocycles. The van der Waals surface area contributed by atoms with Gasteiger partial charge in [0.15, 0.2) is 10.7 Å². The van der Waals surface area contributed by atoms with Crippen molar-refractivity contribution < 1.29 is 22.7 Å². The van der Waals surface area contributed by atoms with E-state index in [2.05, 4.69) is 0 Å². The molecule has 0 bridgehead atoms. The first kappa shape index (κ1) is 12.2. The van der Waals surface area contributed by atoms with Crippen molar-refractivity contribution >= 4 is 15.8 Å². The lowest BCUT2D eigenvalue weighted by Crippen LogP contribution is -2.13. The van der Waals surface area contributed by atoms with Crippen LogP contribution in [0, 0.1) is 10.1 Å². The molecule has 0 fully saturated rings. The quantitative estimate of drug-likeness (QED) is 0.453. The predicted molar refractivity (Wildman–Crippen MR) is 53.4 cm³/mol. The summed E-state index contributed by atoms with van der Waals surface area (Å²) in [6.07, 6.45) is 0. The lowest BCUT2D eigenvalue weighted by molar-refractivity contribution is -0.445. The summed E-state index contributed by atoms with van der Waals surface area (Å²) in [4.78, 5) is 9.66. The first-order chi connectivity index (χ1) is 7.36. The average Bonchev–Trinajstić information content (AvgIpc) is 2.15. The van der Waals surface area contributed by atoms with E-state index in [9.17, 15) is 18.5 Å². The zero-order valence-corrected chi connectivity index (χ0v) is 8.89. The number of hydrogen-bond acceptors (Lipinski definition) is 5. The Kier molecular flexibility index (Phi) is 3.30. The summed E-state index contributed by atoms with van der Waals surface area (Å²) in [6, 6.07) is 3.62. The molecule has 0 unspecified atom stereocenters. The van der Waals surface area contributed by atoms with Gasteiger partial charge in [-0.3, -0.25) is 4.55 Å². The second kappa shape index (κ2) is 4.33. The maximum absolute atomic E-state index is 10.9. The van der Waals surface area contributed by atoms with Crippen LogP contribution in [-0.4, -0.2) is 25.1 Å². The zero-order chi connectivity index (χ0) is 12.3.